The van der Waals surface area contributed by atoms with Crippen LogP contribution in [-0.2, 0) is 16.1 Å². The van der Waals surface area contributed by atoms with E-state index in [0.717, 1.165) is 11.3 Å². The number of nitrogens with one attached hydrogen (secondary N) is 2. The zero-order chi connectivity index (χ0) is 19.9. The van der Waals surface area contributed by atoms with Crippen LogP contribution in [-0.4, -0.2) is 56.7 Å². The van der Waals surface area contributed by atoms with E-state index in [-0.39, 0.29) is 30.6 Å². The monoisotopic (exact) mass is 364 g/mol. The van der Waals surface area contributed by atoms with Crippen LogP contribution in [0.2, 0.25) is 0 Å². The summed E-state index contributed by atoms with van der Waals surface area (Å²) in [5.41, 5.74) is 2.64. The number of ether oxygens (including phenoxy) is 1. The molecule has 0 saturated heterocycles. The number of hydrogen-bond acceptors (Lipinski definition) is 4. The lowest BCUT2D eigenvalue weighted by atomic mass is 10.1. The van der Waals surface area contributed by atoms with Crippen LogP contribution < -0.4 is 15.5 Å². The fourth-order valence-corrected chi connectivity index (χ4v) is 2.56. The average molecular weight is 364 g/mol. The van der Waals surface area contributed by atoms with Gasteiger partial charge in [-0.3, -0.25) is 4.79 Å². The second-order valence-corrected chi connectivity index (χ2v) is 7.04. The molecule has 0 aliphatic carbocycles. The number of anilines is 2. The first-order valence-corrected chi connectivity index (χ1v) is 8.81. The van der Waals surface area contributed by atoms with Crippen molar-refractivity contribution in [2.24, 2.45) is 0 Å². The van der Waals surface area contributed by atoms with Gasteiger partial charge >= 0.3 is 6.03 Å². The van der Waals surface area contributed by atoms with Gasteiger partial charge in [0.25, 0.3) is 0 Å². The van der Waals surface area contributed by atoms with Crippen LogP contribution in [0.5, 0.6) is 0 Å². The molecule has 0 unspecified atom stereocenters. The molecule has 1 aromatic rings. The third-order valence-corrected chi connectivity index (χ3v) is 3.76. The molecule has 0 saturated carbocycles. The van der Waals surface area contributed by atoms with E-state index < -0.39 is 0 Å². The Labute approximate surface area is 156 Å². The van der Waals surface area contributed by atoms with E-state index in [9.17, 15) is 9.59 Å². The second kappa shape index (κ2) is 10.0. The van der Waals surface area contributed by atoms with Gasteiger partial charge in [0.2, 0.25) is 5.91 Å². The number of urea groups is 1. The smallest absolute Gasteiger partial charge is 0.318 e. The van der Waals surface area contributed by atoms with Crippen molar-refractivity contribution >= 4 is 23.3 Å². The molecule has 0 fully saturated rings. The summed E-state index contributed by atoms with van der Waals surface area (Å²) in [6, 6.07) is 5.69. The van der Waals surface area contributed by atoms with Crippen molar-refractivity contribution in [3.63, 3.8) is 0 Å². The fourth-order valence-electron chi connectivity index (χ4n) is 2.56. The van der Waals surface area contributed by atoms with Gasteiger partial charge in [-0.05, 0) is 51.5 Å². The number of rotatable bonds is 8. The van der Waals surface area contributed by atoms with Gasteiger partial charge in [0, 0.05) is 51.2 Å². The Morgan fingerprint density at radius 2 is 1.81 bits per heavy atom. The summed E-state index contributed by atoms with van der Waals surface area (Å²) in [6.07, 6.45) is 0. The van der Waals surface area contributed by atoms with E-state index in [1.165, 1.54) is 7.11 Å². The SMILES string of the molecule is COCC(=O)Nc1ccc(N(C)C)c(CN(C(=O)NC(C)C)C(C)C)c1. The topological polar surface area (TPSA) is 73.9 Å². The summed E-state index contributed by atoms with van der Waals surface area (Å²) < 4.78 is 4.85. The molecule has 0 spiro atoms. The molecule has 3 amide bonds. The Morgan fingerprint density at radius 1 is 1.15 bits per heavy atom. The first kappa shape index (κ1) is 21.8. The van der Waals surface area contributed by atoms with Gasteiger partial charge in [0.1, 0.15) is 6.61 Å². The van der Waals surface area contributed by atoms with Crippen LogP contribution in [0.25, 0.3) is 0 Å². The summed E-state index contributed by atoms with van der Waals surface area (Å²) in [4.78, 5) is 28.1. The lowest BCUT2D eigenvalue weighted by molar-refractivity contribution is -0.119. The largest absolute Gasteiger partial charge is 0.377 e. The Hall–Kier alpha value is -2.28. The minimum Gasteiger partial charge on any atom is -0.377 e. The molecule has 0 radical (unpaired) electrons. The van der Waals surface area contributed by atoms with Gasteiger partial charge in [-0.25, -0.2) is 4.79 Å². The molecule has 0 aliphatic rings. The molecule has 26 heavy (non-hydrogen) atoms. The van der Waals surface area contributed by atoms with E-state index in [0.29, 0.717) is 12.2 Å². The third kappa shape index (κ3) is 6.55. The van der Waals surface area contributed by atoms with Crippen LogP contribution in [0.15, 0.2) is 18.2 Å². The first-order valence-electron chi connectivity index (χ1n) is 8.81. The molecule has 0 aliphatic heterocycles. The van der Waals surface area contributed by atoms with Crippen LogP contribution >= 0.6 is 0 Å². The van der Waals surface area contributed by atoms with Crippen molar-refractivity contribution in [1.82, 2.24) is 10.2 Å². The zero-order valence-electron chi connectivity index (χ0n) is 16.9. The maximum absolute atomic E-state index is 12.5. The third-order valence-electron chi connectivity index (χ3n) is 3.76. The Kier molecular flexibility index (Phi) is 8.38. The molecule has 0 atom stereocenters. The van der Waals surface area contributed by atoms with Crippen LogP contribution in [0.3, 0.4) is 0 Å². The van der Waals surface area contributed by atoms with Gasteiger partial charge in [0.15, 0.2) is 0 Å². The number of methoxy groups -OCH3 is 1. The number of benzene rings is 1. The second-order valence-electron chi connectivity index (χ2n) is 7.04. The number of carbonyl (C=O) groups is 2. The summed E-state index contributed by atoms with van der Waals surface area (Å²) in [6.45, 7) is 8.29. The van der Waals surface area contributed by atoms with E-state index in [4.69, 9.17) is 4.74 Å². The average Bonchev–Trinajstić information content (AvgIpc) is 2.51. The highest BCUT2D eigenvalue weighted by atomic mass is 16.5. The molecule has 7 heteroatoms. The van der Waals surface area contributed by atoms with Crippen molar-refractivity contribution in [2.75, 3.05) is 38.0 Å². The van der Waals surface area contributed by atoms with Crippen molar-refractivity contribution in [2.45, 2.75) is 46.3 Å². The highest BCUT2D eigenvalue weighted by Crippen LogP contribution is 2.25. The summed E-state index contributed by atoms with van der Waals surface area (Å²) in [5, 5.41) is 5.76. The Morgan fingerprint density at radius 3 is 2.31 bits per heavy atom. The molecule has 2 N–H and O–H groups in total. The van der Waals surface area contributed by atoms with Crippen LogP contribution in [0, 0.1) is 0 Å². The van der Waals surface area contributed by atoms with Crippen molar-refractivity contribution in [1.29, 1.82) is 0 Å². The standard InChI is InChI=1S/C19H32N4O3/c1-13(2)20-19(25)23(14(3)4)11-15-10-16(21-18(24)12-26-7)8-9-17(15)22(5)6/h8-10,13-14H,11-12H2,1-7H3,(H,20,25)(H,21,24). The molecule has 0 heterocycles. The number of nitrogens with zero attached hydrogens (tertiary/aromatic N) is 2. The van der Waals surface area contributed by atoms with Crippen molar-refractivity contribution in [3.8, 4) is 0 Å². The molecule has 146 valence electrons. The molecule has 0 aromatic heterocycles. The van der Waals surface area contributed by atoms with Crippen molar-refractivity contribution in [3.05, 3.63) is 23.8 Å². The zero-order valence-corrected chi connectivity index (χ0v) is 16.9. The quantitative estimate of drug-likeness (QED) is 0.744. The minimum absolute atomic E-state index is 0.000319. The van der Waals surface area contributed by atoms with E-state index in [1.807, 2.05) is 64.9 Å². The number of carbonyl (C=O) groups excluding carboxylic acids is 2. The summed E-state index contributed by atoms with van der Waals surface area (Å²) >= 11 is 0. The van der Waals surface area contributed by atoms with Crippen LogP contribution in [0.4, 0.5) is 16.2 Å². The number of amides is 3. The predicted octanol–water partition coefficient (Wildman–Crippen LogP) is 2.67. The molecule has 7 nitrogen and oxygen atoms in total. The van der Waals surface area contributed by atoms with E-state index in [2.05, 4.69) is 10.6 Å². The first-order chi connectivity index (χ1) is 12.1. The van der Waals surface area contributed by atoms with Gasteiger partial charge in [-0.15, -0.1) is 0 Å². The highest BCUT2D eigenvalue weighted by molar-refractivity contribution is 5.92. The number of hydrogen-bond donors (Lipinski definition) is 2. The minimum atomic E-state index is -0.214. The van der Waals surface area contributed by atoms with E-state index >= 15 is 0 Å². The Balaban J connectivity index is 3.12. The Bertz CT molecular complexity index is 615. The predicted molar refractivity (Wildman–Crippen MR) is 106 cm³/mol. The molecule has 1 rings (SSSR count). The molecular weight excluding hydrogens is 332 g/mol. The highest BCUT2D eigenvalue weighted by Gasteiger charge is 2.20. The van der Waals surface area contributed by atoms with Gasteiger partial charge < -0.3 is 25.2 Å². The lowest BCUT2D eigenvalue weighted by Gasteiger charge is -2.30. The van der Waals surface area contributed by atoms with Crippen molar-refractivity contribution < 1.29 is 14.3 Å². The molecule has 0 bridgehead atoms. The van der Waals surface area contributed by atoms with Crippen LogP contribution in [0.1, 0.15) is 33.3 Å². The normalized spacial score (nSPS) is 10.8. The van der Waals surface area contributed by atoms with Gasteiger partial charge in [-0.2, -0.15) is 0 Å². The van der Waals surface area contributed by atoms with E-state index in [1.54, 1.807) is 4.90 Å². The maximum Gasteiger partial charge on any atom is 0.318 e. The summed E-state index contributed by atoms with van der Waals surface area (Å²) in [7, 11) is 5.39. The molecular formula is C19H32N4O3. The lowest BCUT2D eigenvalue weighted by Crippen LogP contribution is -2.46. The maximum atomic E-state index is 12.5. The van der Waals surface area contributed by atoms with Gasteiger partial charge in [0.05, 0.1) is 0 Å². The fraction of sp³-hybridized carbons (Fsp3) is 0.579. The summed E-state index contributed by atoms with van der Waals surface area (Å²) in [5.74, 6) is -0.214. The molecule has 1 aromatic carbocycles. The van der Waals surface area contributed by atoms with Gasteiger partial charge in [-0.1, -0.05) is 0 Å².